The highest BCUT2D eigenvalue weighted by molar-refractivity contribution is 6.73. The highest BCUT2D eigenvalue weighted by Crippen LogP contribution is 2.58. The van der Waals surface area contributed by atoms with Crippen LogP contribution >= 0.6 is 0 Å². The topological polar surface area (TPSA) is 29.5 Å². The predicted molar refractivity (Wildman–Crippen MR) is 106 cm³/mol. The molecule has 142 valence electrons. The monoisotopic (exact) mass is 354 g/mol. The Morgan fingerprint density at radius 1 is 1.12 bits per heavy atom. The lowest BCUT2D eigenvalue weighted by molar-refractivity contribution is -0.0280. The summed E-state index contributed by atoms with van der Waals surface area (Å²) in [6, 6.07) is 3.78. The van der Waals surface area contributed by atoms with Crippen LogP contribution in [-0.2, 0) is 4.43 Å². The van der Waals surface area contributed by atoms with Gasteiger partial charge in [0.25, 0.3) is 0 Å². The van der Waals surface area contributed by atoms with E-state index in [0.29, 0.717) is 11.3 Å². The van der Waals surface area contributed by atoms with Gasteiger partial charge in [-0.1, -0.05) is 41.0 Å². The zero-order valence-corrected chi connectivity index (χ0v) is 17.9. The third-order valence-electron chi connectivity index (χ3n) is 7.99. The first-order chi connectivity index (χ1) is 11.4. The van der Waals surface area contributed by atoms with Crippen LogP contribution in [0.5, 0.6) is 0 Å². The molecule has 2 fully saturated rings. The fourth-order valence-electron chi connectivity index (χ4n) is 6.08. The molecule has 0 heterocycles. The normalized spacial score (nSPS) is 35.0. The van der Waals surface area contributed by atoms with E-state index in [1.807, 2.05) is 0 Å². The molecule has 0 aliphatic heterocycles. The van der Waals surface area contributed by atoms with E-state index >= 15 is 0 Å². The van der Waals surface area contributed by atoms with E-state index in [2.05, 4.69) is 34.6 Å². The molecular weight excluding hydrogens is 312 g/mol. The van der Waals surface area contributed by atoms with Gasteiger partial charge in [0.15, 0.2) is 8.32 Å². The summed E-state index contributed by atoms with van der Waals surface area (Å²) >= 11 is 0. The summed E-state index contributed by atoms with van der Waals surface area (Å²) in [4.78, 5) is 0. The fourth-order valence-corrected chi connectivity index (χ4v) is 8.77. The van der Waals surface area contributed by atoms with Gasteiger partial charge in [-0.25, -0.2) is 0 Å². The summed E-state index contributed by atoms with van der Waals surface area (Å²) in [5, 5.41) is 10.4. The van der Waals surface area contributed by atoms with E-state index in [-0.39, 0.29) is 6.10 Å². The second-order valence-corrected chi connectivity index (χ2v) is 13.7. The van der Waals surface area contributed by atoms with Crippen LogP contribution in [0, 0.1) is 23.2 Å². The summed E-state index contributed by atoms with van der Waals surface area (Å²) in [6.45, 7) is 12.9. The first-order valence-corrected chi connectivity index (χ1v) is 13.3. The lowest BCUT2D eigenvalue weighted by Gasteiger charge is -2.45. The van der Waals surface area contributed by atoms with Gasteiger partial charge in [-0.05, 0) is 79.8 Å². The minimum Gasteiger partial charge on any atom is -0.417 e. The molecule has 2 nitrogen and oxygen atoms in total. The van der Waals surface area contributed by atoms with Crippen LogP contribution < -0.4 is 0 Å². The summed E-state index contributed by atoms with van der Waals surface area (Å²) in [5.41, 5.74) is 0.396. The molecule has 0 amide bonds. The highest BCUT2D eigenvalue weighted by atomic mass is 28.4. The predicted octanol–water partition coefficient (Wildman–Crippen LogP) is 6.00. The van der Waals surface area contributed by atoms with E-state index in [9.17, 15) is 5.11 Å². The van der Waals surface area contributed by atoms with Gasteiger partial charge in [0.1, 0.15) is 0 Å². The SMILES string of the molecule is CC[Si](CC)(CC)OCCCC(C)[C@H]1CC[C@H]2[C@@H](O)CCC[C@]12C. The van der Waals surface area contributed by atoms with Crippen molar-refractivity contribution >= 4 is 8.32 Å². The second-order valence-electron chi connectivity index (χ2n) is 8.97. The minimum atomic E-state index is -1.41. The Kier molecular flexibility index (Phi) is 7.40. The molecule has 1 N–H and O–H groups in total. The van der Waals surface area contributed by atoms with Crippen molar-refractivity contribution in [1.82, 2.24) is 0 Å². The number of aliphatic hydroxyl groups excluding tert-OH is 1. The first-order valence-electron chi connectivity index (χ1n) is 10.7. The van der Waals surface area contributed by atoms with Crippen LogP contribution in [-0.4, -0.2) is 26.1 Å². The molecule has 0 radical (unpaired) electrons. The standard InChI is InChI=1S/C21H42O2Si/c1-6-24(7-2,8-3)23-16-10-11-17(4)18-13-14-19-20(22)12-9-15-21(18,19)5/h17-20,22H,6-16H2,1-5H3/t17?,18-,19+,20+,21-/m1/s1. The zero-order valence-electron chi connectivity index (χ0n) is 16.9. The van der Waals surface area contributed by atoms with Crippen molar-refractivity contribution in [2.45, 2.75) is 104 Å². The van der Waals surface area contributed by atoms with Crippen molar-refractivity contribution < 1.29 is 9.53 Å². The van der Waals surface area contributed by atoms with Gasteiger partial charge in [-0.15, -0.1) is 0 Å². The van der Waals surface area contributed by atoms with Crippen LogP contribution in [0.4, 0.5) is 0 Å². The van der Waals surface area contributed by atoms with Crippen molar-refractivity contribution in [1.29, 1.82) is 0 Å². The number of aliphatic hydroxyl groups is 1. The summed E-state index contributed by atoms with van der Waals surface area (Å²) in [5.74, 6) is 2.15. The Balaban J connectivity index is 1.82. The molecule has 1 unspecified atom stereocenters. The molecule has 2 rings (SSSR count). The van der Waals surface area contributed by atoms with Crippen LogP contribution in [0.15, 0.2) is 0 Å². The number of fused-ring (bicyclic) bond motifs is 1. The molecule has 0 aromatic carbocycles. The number of hydrogen-bond donors (Lipinski definition) is 1. The Morgan fingerprint density at radius 2 is 1.79 bits per heavy atom. The Hall–Kier alpha value is 0.137. The van der Waals surface area contributed by atoms with E-state index in [1.165, 1.54) is 56.7 Å². The molecule has 24 heavy (non-hydrogen) atoms. The third kappa shape index (κ3) is 4.10. The van der Waals surface area contributed by atoms with Gasteiger partial charge in [0.2, 0.25) is 0 Å². The number of hydrogen-bond acceptors (Lipinski definition) is 2. The third-order valence-corrected chi connectivity index (χ3v) is 12.7. The zero-order chi connectivity index (χ0) is 17.8. The average molecular weight is 355 g/mol. The maximum Gasteiger partial charge on any atom is 0.191 e. The molecular formula is C21H42O2Si. The molecule has 5 atom stereocenters. The second kappa shape index (κ2) is 8.68. The largest absolute Gasteiger partial charge is 0.417 e. The van der Waals surface area contributed by atoms with Gasteiger partial charge in [0.05, 0.1) is 6.10 Å². The first kappa shape index (κ1) is 20.4. The highest BCUT2D eigenvalue weighted by Gasteiger charge is 2.51. The van der Waals surface area contributed by atoms with Crippen molar-refractivity contribution in [3.63, 3.8) is 0 Å². The maximum absolute atomic E-state index is 10.4. The molecule has 0 saturated heterocycles. The fraction of sp³-hybridized carbons (Fsp3) is 1.00. The molecule has 0 bridgehead atoms. The summed E-state index contributed by atoms with van der Waals surface area (Å²) in [6.07, 6.45) is 8.65. The molecule has 0 aromatic heterocycles. The lowest BCUT2D eigenvalue weighted by atomic mass is 9.61. The summed E-state index contributed by atoms with van der Waals surface area (Å²) in [7, 11) is -1.41. The van der Waals surface area contributed by atoms with Crippen LogP contribution in [0.25, 0.3) is 0 Å². The lowest BCUT2D eigenvalue weighted by Crippen LogP contribution is -2.41. The molecule has 2 aliphatic carbocycles. The quantitative estimate of drug-likeness (QED) is 0.406. The Morgan fingerprint density at radius 3 is 2.42 bits per heavy atom. The van der Waals surface area contributed by atoms with E-state index in [1.54, 1.807) is 0 Å². The maximum atomic E-state index is 10.4. The van der Waals surface area contributed by atoms with Gasteiger partial charge in [-0.2, -0.15) is 0 Å². The van der Waals surface area contributed by atoms with E-state index in [0.717, 1.165) is 24.9 Å². The smallest absolute Gasteiger partial charge is 0.191 e. The van der Waals surface area contributed by atoms with Gasteiger partial charge in [-0.3, -0.25) is 0 Å². The van der Waals surface area contributed by atoms with Gasteiger partial charge in [0, 0.05) is 6.61 Å². The minimum absolute atomic E-state index is 0.0328. The van der Waals surface area contributed by atoms with Crippen molar-refractivity contribution in [2.75, 3.05) is 6.61 Å². The van der Waals surface area contributed by atoms with Gasteiger partial charge >= 0.3 is 0 Å². The molecule has 0 spiro atoms. The molecule has 3 heteroatoms. The average Bonchev–Trinajstić information content (AvgIpc) is 2.94. The van der Waals surface area contributed by atoms with E-state index in [4.69, 9.17) is 4.43 Å². The molecule has 2 saturated carbocycles. The van der Waals surface area contributed by atoms with Crippen LogP contribution in [0.2, 0.25) is 18.1 Å². The summed E-state index contributed by atoms with van der Waals surface area (Å²) < 4.78 is 6.44. The Labute approximate surface area is 151 Å². The van der Waals surface area contributed by atoms with Gasteiger partial charge < -0.3 is 9.53 Å². The van der Waals surface area contributed by atoms with Crippen molar-refractivity contribution in [3.05, 3.63) is 0 Å². The van der Waals surface area contributed by atoms with Crippen LogP contribution in [0.3, 0.4) is 0 Å². The molecule has 2 aliphatic rings. The van der Waals surface area contributed by atoms with Crippen LogP contribution in [0.1, 0.15) is 79.6 Å². The van der Waals surface area contributed by atoms with E-state index < -0.39 is 8.32 Å². The van der Waals surface area contributed by atoms with Crippen molar-refractivity contribution in [3.8, 4) is 0 Å². The molecule has 0 aromatic rings. The Bertz CT molecular complexity index is 374. The number of rotatable bonds is 9. The van der Waals surface area contributed by atoms with Crippen molar-refractivity contribution in [2.24, 2.45) is 23.2 Å².